The Balaban J connectivity index is 1.69. The van der Waals surface area contributed by atoms with Crippen LogP contribution in [0.25, 0.3) is 0 Å². The van der Waals surface area contributed by atoms with Gasteiger partial charge in [0.1, 0.15) is 12.1 Å². The van der Waals surface area contributed by atoms with Gasteiger partial charge in [-0.15, -0.1) is 11.6 Å². The molecule has 2 aliphatic rings. The van der Waals surface area contributed by atoms with Crippen molar-refractivity contribution < 1.29 is 33.6 Å². The quantitative estimate of drug-likeness (QED) is 0.209. The summed E-state index contributed by atoms with van der Waals surface area (Å²) in [5.41, 5.74) is -1.06. The Morgan fingerprint density at radius 2 is 1.79 bits per heavy atom. The molecule has 2 saturated heterocycles. The van der Waals surface area contributed by atoms with E-state index >= 15 is 0 Å². The van der Waals surface area contributed by atoms with Crippen molar-refractivity contribution in [3.8, 4) is 0 Å². The third-order valence-corrected chi connectivity index (χ3v) is 7.09. The molecule has 0 aromatic heterocycles. The molecular formula is C26H31ClN4O7. The van der Waals surface area contributed by atoms with E-state index in [1.165, 1.54) is 18.7 Å². The third kappa shape index (κ3) is 6.45. The Morgan fingerprint density at radius 1 is 1.11 bits per heavy atom. The van der Waals surface area contributed by atoms with Crippen molar-refractivity contribution in [1.29, 1.82) is 0 Å². The standard InChI is InChI=1S/C26H31ClN4O7/c1-15(28-25(38)26(2)20(33)10-11-21(34)30-26)24(37)31-12-6-9-18(31)23(36)29-17(22(35)19(32)14-27)13-16-7-4-3-5-8-16/h3-5,7-8,15,17-18H,6,9-14H2,1-2H3,(H,28,38)(H,29,36)(H,30,34)/t15-,17-,18-,26+/m0/s1. The van der Waals surface area contributed by atoms with Gasteiger partial charge in [0.2, 0.25) is 29.3 Å². The Bertz CT molecular complexity index is 1140. The van der Waals surface area contributed by atoms with E-state index in [1.807, 2.05) is 0 Å². The van der Waals surface area contributed by atoms with E-state index in [2.05, 4.69) is 16.0 Å². The molecule has 38 heavy (non-hydrogen) atoms. The number of alkyl halides is 1. The van der Waals surface area contributed by atoms with E-state index < -0.39 is 70.5 Å². The van der Waals surface area contributed by atoms with Crippen molar-refractivity contribution in [3.63, 3.8) is 0 Å². The highest BCUT2D eigenvalue weighted by Gasteiger charge is 2.46. The SMILES string of the molecule is C[C@H](NC(=O)[C@]1(C)NC(=O)CCC1=O)C(=O)N1CCC[C@H]1C(=O)N[C@@H](Cc1ccccc1)C(=O)C(=O)CCl. The average molecular weight is 547 g/mol. The number of ketones is 3. The lowest BCUT2D eigenvalue weighted by Crippen LogP contribution is -2.66. The first-order valence-electron chi connectivity index (χ1n) is 12.4. The number of carbonyl (C=O) groups is 7. The number of benzene rings is 1. The molecule has 3 N–H and O–H groups in total. The van der Waals surface area contributed by atoms with E-state index in [-0.39, 0.29) is 25.8 Å². The van der Waals surface area contributed by atoms with Gasteiger partial charge in [-0.1, -0.05) is 30.3 Å². The van der Waals surface area contributed by atoms with Crippen LogP contribution >= 0.6 is 11.6 Å². The van der Waals surface area contributed by atoms with E-state index in [0.29, 0.717) is 12.8 Å². The Hall–Kier alpha value is -3.60. The number of hydrogen-bond acceptors (Lipinski definition) is 7. The van der Waals surface area contributed by atoms with Gasteiger partial charge in [0.15, 0.2) is 11.3 Å². The molecule has 2 fully saturated rings. The number of amides is 4. The largest absolute Gasteiger partial charge is 0.344 e. The van der Waals surface area contributed by atoms with Gasteiger partial charge < -0.3 is 20.9 Å². The van der Waals surface area contributed by atoms with Crippen molar-refractivity contribution in [2.45, 2.75) is 69.6 Å². The number of nitrogens with zero attached hydrogens (tertiary/aromatic N) is 1. The van der Waals surface area contributed by atoms with Gasteiger partial charge in [-0.3, -0.25) is 33.6 Å². The summed E-state index contributed by atoms with van der Waals surface area (Å²) in [6.45, 7) is 2.95. The lowest BCUT2D eigenvalue weighted by atomic mass is 9.88. The van der Waals surface area contributed by atoms with E-state index in [1.54, 1.807) is 30.3 Å². The molecule has 4 amide bonds. The minimum atomic E-state index is -1.79. The summed E-state index contributed by atoms with van der Waals surface area (Å²) in [5.74, 6) is -5.07. The number of nitrogens with one attached hydrogen (secondary N) is 3. The maximum absolute atomic E-state index is 13.2. The molecule has 1 aromatic carbocycles. The summed E-state index contributed by atoms with van der Waals surface area (Å²) in [4.78, 5) is 89.4. The van der Waals surface area contributed by atoms with Crippen molar-refractivity contribution in [1.82, 2.24) is 20.9 Å². The molecule has 0 unspecified atom stereocenters. The van der Waals surface area contributed by atoms with Crippen LogP contribution in [0.5, 0.6) is 0 Å². The molecular weight excluding hydrogens is 516 g/mol. The summed E-state index contributed by atoms with van der Waals surface area (Å²) < 4.78 is 0. The fraction of sp³-hybridized carbons (Fsp3) is 0.500. The molecule has 4 atom stereocenters. The monoisotopic (exact) mass is 546 g/mol. The van der Waals surface area contributed by atoms with Crippen molar-refractivity contribution in [3.05, 3.63) is 35.9 Å². The zero-order valence-electron chi connectivity index (χ0n) is 21.3. The summed E-state index contributed by atoms with van der Waals surface area (Å²) in [6, 6.07) is 5.66. The molecule has 3 rings (SSSR count). The van der Waals surface area contributed by atoms with E-state index in [9.17, 15) is 33.6 Å². The molecule has 2 aliphatic heterocycles. The minimum absolute atomic E-state index is 0.00891. The fourth-order valence-electron chi connectivity index (χ4n) is 4.61. The lowest BCUT2D eigenvalue weighted by Gasteiger charge is -2.33. The van der Waals surface area contributed by atoms with Gasteiger partial charge in [0.05, 0.1) is 11.9 Å². The van der Waals surface area contributed by atoms with Gasteiger partial charge in [-0.2, -0.15) is 0 Å². The highest BCUT2D eigenvalue weighted by molar-refractivity contribution is 6.48. The normalized spacial score (nSPS) is 22.7. The zero-order valence-corrected chi connectivity index (χ0v) is 22.0. The van der Waals surface area contributed by atoms with Gasteiger partial charge in [-0.25, -0.2) is 0 Å². The molecule has 0 radical (unpaired) electrons. The molecule has 12 heteroatoms. The molecule has 0 spiro atoms. The fourth-order valence-corrected chi connectivity index (χ4v) is 4.74. The maximum atomic E-state index is 13.2. The number of Topliss-reactive ketones (excluding diaryl/α,β-unsaturated/α-hetero) is 3. The Labute approximate surface area is 225 Å². The number of halogens is 1. The maximum Gasteiger partial charge on any atom is 0.253 e. The van der Waals surface area contributed by atoms with Crippen LogP contribution in [0.1, 0.15) is 45.1 Å². The first-order valence-corrected chi connectivity index (χ1v) is 12.9. The average Bonchev–Trinajstić information content (AvgIpc) is 3.40. The molecule has 0 aliphatic carbocycles. The van der Waals surface area contributed by atoms with Gasteiger partial charge >= 0.3 is 0 Å². The predicted octanol–water partition coefficient (Wildman–Crippen LogP) is -0.176. The molecule has 1 aromatic rings. The second kappa shape index (κ2) is 12.3. The second-order valence-corrected chi connectivity index (χ2v) is 9.92. The topological polar surface area (TPSA) is 159 Å². The number of carbonyl (C=O) groups excluding carboxylic acids is 7. The predicted molar refractivity (Wildman–Crippen MR) is 136 cm³/mol. The summed E-state index contributed by atoms with van der Waals surface area (Å²) >= 11 is 5.57. The zero-order chi connectivity index (χ0) is 28.0. The third-order valence-electron chi connectivity index (χ3n) is 6.85. The summed E-state index contributed by atoms with van der Waals surface area (Å²) in [7, 11) is 0. The Morgan fingerprint density at radius 3 is 2.45 bits per heavy atom. The smallest absolute Gasteiger partial charge is 0.253 e. The van der Waals surface area contributed by atoms with Crippen LogP contribution in [0.2, 0.25) is 0 Å². The highest BCUT2D eigenvalue weighted by Crippen LogP contribution is 2.21. The number of likely N-dealkylation sites (tertiary alicyclic amines) is 1. The van der Waals surface area contributed by atoms with Crippen LogP contribution < -0.4 is 16.0 Å². The molecule has 11 nitrogen and oxygen atoms in total. The second-order valence-electron chi connectivity index (χ2n) is 9.65. The van der Waals surface area contributed by atoms with Crippen molar-refractivity contribution >= 4 is 52.6 Å². The number of rotatable bonds is 10. The van der Waals surface area contributed by atoms with Crippen LogP contribution in [0.15, 0.2) is 30.3 Å². The molecule has 2 heterocycles. The summed E-state index contributed by atoms with van der Waals surface area (Å²) in [5, 5.41) is 7.49. The Kier molecular flexibility index (Phi) is 9.37. The van der Waals surface area contributed by atoms with E-state index in [4.69, 9.17) is 11.6 Å². The van der Waals surface area contributed by atoms with Crippen LogP contribution in [-0.4, -0.2) is 82.0 Å². The van der Waals surface area contributed by atoms with Gasteiger partial charge in [0.25, 0.3) is 5.91 Å². The molecule has 204 valence electrons. The highest BCUT2D eigenvalue weighted by atomic mass is 35.5. The van der Waals surface area contributed by atoms with E-state index in [0.717, 1.165) is 5.56 Å². The van der Waals surface area contributed by atoms with Crippen molar-refractivity contribution in [2.75, 3.05) is 12.4 Å². The number of piperidine rings is 1. The van der Waals surface area contributed by atoms with Crippen LogP contribution in [0.3, 0.4) is 0 Å². The first kappa shape index (κ1) is 29.0. The number of hydrogen-bond donors (Lipinski definition) is 3. The van der Waals surface area contributed by atoms with Crippen LogP contribution in [-0.2, 0) is 40.0 Å². The molecule has 0 saturated carbocycles. The van der Waals surface area contributed by atoms with Crippen LogP contribution in [0, 0.1) is 0 Å². The minimum Gasteiger partial charge on any atom is -0.344 e. The first-order chi connectivity index (χ1) is 18.0. The van der Waals surface area contributed by atoms with Gasteiger partial charge in [0, 0.05) is 25.8 Å². The lowest BCUT2D eigenvalue weighted by molar-refractivity contribution is -0.147. The summed E-state index contributed by atoms with van der Waals surface area (Å²) in [6.07, 6.45) is 0.806. The van der Waals surface area contributed by atoms with Gasteiger partial charge in [-0.05, 0) is 32.3 Å². The molecule has 0 bridgehead atoms. The van der Waals surface area contributed by atoms with Crippen LogP contribution in [0.4, 0.5) is 0 Å². The van der Waals surface area contributed by atoms with Crippen molar-refractivity contribution in [2.24, 2.45) is 0 Å².